The van der Waals surface area contributed by atoms with E-state index in [9.17, 15) is 4.79 Å². The van der Waals surface area contributed by atoms with Crippen LogP contribution in [0.4, 0.5) is 0 Å². The van der Waals surface area contributed by atoms with E-state index in [0.717, 1.165) is 64.5 Å². The first-order chi connectivity index (χ1) is 13.1. The van der Waals surface area contributed by atoms with E-state index < -0.39 is 0 Å². The zero-order valence-electron chi connectivity index (χ0n) is 16.8. The van der Waals surface area contributed by atoms with Gasteiger partial charge in [-0.3, -0.25) is 19.6 Å². The summed E-state index contributed by atoms with van der Waals surface area (Å²) in [6, 6.07) is 4.19. The number of aromatic nitrogens is 1. The Morgan fingerprint density at radius 2 is 2.00 bits per heavy atom. The lowest BCUT2D eigenvalue weighted by Gasteiger charge is -2.37. The quantitative estimate of drug-likeness (QED) is 0.863. The first-order valence-electron chi connectivity index (χ1n) is 10.4. The van der Waals surface area contributed by atoms with Gasteiger partial charge in [-0.25, -0.2) is 0 Å². The summed E-state index contributed by atoms with van der Waals surface area (Å²) in [7, 11) is 2.14. The molecule has 1 spiro atoms. The summed E-state index contributed by atoms with van der Waals surface area (Å²) in [6.07, 6.45) is 5.32. The van der Waals surface area contributed by atoms with Gasteiger partial charge in [0, 0.05) is 45.5 Å². The maximum atomic E-state index is 13.2. The fourth-order valence-corrected chi connectivity index (χ4v) is 5.10. The van der Waals surface area contributed by atoms with Gasteiger partial charge in [0.2, 0.25) is 5.91 Å². The first kappa shape index (κ1) is 18.8. The van der Waals surface area contributed by atoms with Crippen molar-refractivity contribution in [2.75, 3.05) is 52.9 Å². The third-order valence-corrected chi connectivity index (χ3v) is 6.87. The molecule has 0 bridgehead atoms. The van der Waals surface area contributed by atoms with Crippen molar-refractivity contribution in [2.24, 2.45) is 5.41 Å². The lowest BCUT2D eigenvalue weighted by Crippen LogP contribution is -2.53. The van der Waals surface area contributed by atoms with Crippen molar-refractivity contribution in [3.8, 4) is 0 Å². The van der Waals surface area contributed by atoms with Crippen LogP contribution in [-0.2, 0) is 11.3 Å². The van der Waals surface area contributed by atoms with Crippen molar-refractivity contribution in [1.82, 2.24) is 25.0 Å². The number of piperazine rings is 1. The molecule has 4 rings (SSSR count). The van der Waals surface area contributed by atoms with Gasteiger partial charge in [-0.2, -0.15) is 0 Å². The monoisotopic (exact) mass is 371 g/mol. The van der Waals surface area contributed by atoms with Crippen LogP contribution < -0.4 is 5.32 Å². The minimum Gasteiger partial charge on any atom is -0.339 e. The molecule has 0 aliphatic carbocycles. The largest absolute Gasteiger partial charge is 0.339 e. The minimum atomic E-state index is 0.0766. The molecule has 27 heavy (non-hydrogen) atoms. The molecule has 6 heteroatoms. The molecular weight excluding hydrogens is 338 g/mol. The lowest BCUT2D eigenvalue weighted by atomic mass is 9.77. The molecule has 4 heterocycles. The van der Waals surface area contributed by atoms with E-state index in [-0.39, 0.29) is 6.04 Å². The number of hydrogen-bond acceptors (Lipinski definition) is 5. The molecule has 1 atom stereocenters. The first-order valence-corrected chi connectivity index (χ1v) is 10.4. The van der Waals surface area contributed by atoms with Crippen LogP contribution in [0.25, 0.3) is 0 Å². The molecule has 1 N–H and O–H groups in total. The Balaban J connectivity index is 1.31. The van der Waals surface area contributed by atoms with E-state index in [1.54, 1.807) is 0 Å². The molecule has 6 nitrogen and oxygen atoms in total. The van der Waals surface area contributed by atoms with Gasteiger partial charge >= 0.3 is 0 Å². The predicted octanol–water partition coefficient (Wildman–Crippen LogP) is 1.11. The van der Waals surface area contributed by atoms with E-state index >= 15 is 0 Å². The number of hydrogen-bond donors (Lipinski definition) is 1. The fourth-order valence-electron chi connectivity index (χ4n) is 5.10. The van der Waals surface area contributed by atoms with Crippen LogP contribution in [-0.4, -0.2) is 84.5 Å². The molecule has 3 aliphatic rings. The van der Waals surface area contributed by atoms with Crippen molar-refractivity contribution in [1.29, 1.82) is 0 Å². The summed E-state index contributed by atoms with van der Waals surface area (Å²) >= 11 is 0. The van der Waals surface area contributed by atoms with Gasteiger partial charge < -0.3 is 10.2 Å². The van der Waals surface area contributed by atoms with Gasteiger partial charge in [0.15, 0.2) is 0 Å². The number of aryl methyl sites for hydroxylation is 1. The highest BCUT2D eigenvalue weighted by Crippen LogP contribution is 2.41. The zero-order chi connectivity index (χ0) is 18.9. The summed E-state index contributed by atoms with van der Waals surface area (Å²) in [5, 5.41) is 3.46. The van der Waals surface area contributed by atoms with Crippen molar-refractivity contribution >= 4 is 5.91 Å². The second kappa shape index (κ2) is 7.86. The van der Waals surface area contributed by atoms with Crippen LogP contribution >= 0.6 is 0 Å². The number of piperidine rings is 1. The zero-order valence-corrected chi connectivity index (χ0v) is 16.8. The number of carbonyl (C=O) groups is 1. The van der Waals surface area contributed by atoms with Gasteiger partial charge in [-0.05, 0) is 63.4 Å². The van der Waals surface area contributed by atoms with Crippen LogP contribution in [0.1, 0.15) is 30.5 Å². The summed E-state index contributed by atoms with van der Waals surface area (Å²) in [5.74, 6) is 0.349. The van der Waals surface area contributed by atoms with Crippen molar-refractivity contribution in [2.45, 2.75) is 38.8 Å². The van der Waals surface area contributed by atoms with E-state index in [4.69, 9.17) is 0 Å². The normalized spacial score (nSPS) is 26.6. The Morgan fingerprint density at radius 1 is 1.26 bits per heavy atom. The number of pyridine rings is 1. The lowest BCUT2D eigenvalue weighted by molar-refractivity contribution is -0.137. The van der Waals surface area contributed by atoms with E-state index in [1.165, 1.54) is 18.4 Å². The van der Waals surface area contributed by atoms with E-state index in [2.05, 4.69) is 45.0 Å². The number of likely N-dealkylation sites (tertiary alicyclic amines) is 1. The smallest absolute Gasteiger partial charge is 0.240 e. The van der Waals surface area contributed by atoms with Crippen molar-refractivity contribution < 1.29 is 4.79 Å². The molecule has 3 saturated heterocycles. The molecule has 1 amide bonds. The second-order valence-electron chi connectivity index (χ2n) is 8.75. The standard InChI is InChI=1S/C21H33N5O/c1-17-4-3-7-23-18(17)15-25-10-12-26(13-11-25)20(27)19-14-21(16-24(19)2)5-8-22-9-6-21/h3-4,7,19,22H,5-6,8-16H2,1-2H3/t19-/m0/s1. The van der Waals surface area contributed by atoms with Gasteiger partial charge in [0.25, 0.3) is 0 Å². The number of amides is 1. The number of likely N-dealkylation sites (N-methyl/N-ethyl adjacent to an activating group) is 1. The number of rotatable bonds is 3. The van der Waals surface area contributed by atoms with Gasteiger partial charge in [-0.15, -0.1) is 0 Å². The predicted molar refractivity (Wildman–Crippen MR) is 106 cm³/mol. The fraction of sp³-hybridized carbons (Fsp3) is 0.714. The van der Waals surface area contributed by atoms with Crippen LogP contribution in [0.3, 0.4) is 0 Å². The Bertz CT molecular complexity index is 664. The molecule has 3 aliphatic heterocycles. The molecule has 0 radical (unpaired) electrons. The molecule has 1 aromatic heterocycles. The van der Waals surface area contributed by atoms with Crippen LogP contribution in [0.15, 0.2) is 18.3 Å². The Morgan fingerprint density at radius 3 is 2.70 bits per heavy atom. The highest BCUT2D eigenvalue weighted by Gasteiger charge is 2.46. The highest BCUT2D eigenvalue weighted by molar-refractivity contribution is 5.82. The van der Waals surface area contributed by atoms with Crippen LogP contribution in [0.5, 0.6) is 0 Å². The maximum absolute atomic E-state index is 13.2. The SMILES string of the molecule is Cc1cccnc1CN1CCN(C(=O)[C@@H]2CC3(CCNCC3)CN2C)CC1. The van der Waals surface area contributed by atoms with E-state index in [0.29, 0.717) is 11.3 Å². The summed E-state index contributed by atoms with van der Waals surface area (Å²) < 4.78 is 0. The molecular formula is C21H33N5O. The summed E-state index contributed by atoms with van der Waals surface area (Å²) in [6.45, 7) is 9.82. The van der Waals surface area contributed by atoms with Gasteiger partial charge in [-0.1, -0.05) is 6.07 Å². The molecule has 0 aromatic carbocycles. The third kappa shape index (κ3) is 4.03. The van der Waals surface area contributed by atoms with Gasteiger partial charge in [0.1, 0.15) is 0 Å². The molecule has 148 valence electrons. The topological polar surface area (TPSA) is 51.7 Å². The summed E-state index contributed by atoms with van der Waals surface area (Å²) in [4.78, 5) is 24.5. The Labute approximate surface area is 162 Å². The van der Waals surface area contributed by atoms with Crippen molar-refractivity contribution in [3.63, 3.8) is 0 Å². The van der Waals surface area contributed by atoms with Crippen LogP contribution in [0.2, 0.25) is 0 Å². The minimum absolute atomic E-state index is 0.0766. The molecule has 1 aromatic rings. The Hall–Kier alpha value is -1.50. The Kier molecular flexibility index (Phi) is 5.48. The number of nitrogens with zero attached hydrogens (tertiary/aromatic N) is 4. The molecule has 3 fully saturated rings. The van der Waals surface area contributed by atoms with E-state index in [1.807, 2.05) is 12.3 Å². The number of carbonyl (C=O) groups excluding carboxylic acids is 1. The molecule has 0 unspecified atom stereocenters. The second-order valence-corrected chi connectivity index (χ2v) is 8.75. The average molecular weight is 372 g/mol. The number of nitrogens with one attached hydrogen (secondary N) is 1. The maximum Gasteiger partial charge on any atom is 0.240 e. The average Bonchev–Trinajstić information content (AvgIpc) is 3.00. The van der Waals surface area contributed by atoms with Gasteiger partial charge in [0.05, 0.1) is 11.7 Å². The summed E-state index contributed by atoms with van der Waals surface area (Å²) in [5.41, 5.74) is 2.76. The molecule has 0 saturated carbocycles. The third-order valence-electron chi connectivity index (χ3n) is 6.87. The highest BCUT2D eigenvalue weighted by atomic mass is 16.2. The van der Waals surface area contributed by atoms with Crippen LogP contribution in [0, 0.1) is 12.3 Å². The van der Waals surface area contributed by atoms with Crippen molar-refractivity contribution in [3.05, 3.63) is 29.6 Å².